The monoisotopic (exact) mass is 342 g/mol. The predicted octanol–water partition coefficient (Wildman–Crippen LogP) is 2.22. The number of hydrogen-bond acceptors (Lipinski definition) is 5. The number of carbonyl (C=O) groups excluding carboxylic acids is 3. The minimum atomic E-state index is -1.15. The highest BCUT2D eigenvalue weighted by molar-refractivity contribution is 6.18. The minimum Gasteiger partial charge on any atom is -0.397 e. The Morgan fingerprint density at radius 3 is 2.52 bits per heavy atom. The van der Waals surface area contributed by atoms with Crippen molar-refractivity contribution in [3.63, 3.8) is 0 Å². The van der Waals surface area contributed by atoms with Gasteiger partial charge in [0.05, 0.1) is 11.4 Å². The second kappa shape index (κ2) is 6.96. The Hall–Kier alpha value is -2.83. The summed E-state index contributed by atoms with van der Waals surface area (Å²) in [6.45, 7) is 3.83. The van der Waals surface area contributed by atoms with Crippen molar-refractivity contribution in [2.24, 2.45) is 5.92 Å². The molecular formula is C18H22N4O3. The van der Waals surface area contributed by atoms with Crippen LogP contribution in [0.5, 0.6) is 0 Å². The zero-order valence-corrected chi connectivity index (χ0v) is 14.0. The van der Waals surface area contributed by atoms with E-state index in [-0.39, 0.29) is 11.7 Å². The number of imide groups is 2. The molecule has 7 heteroatoms. The zero-order valence-electron chi connectivity index (χ0n) is 14.0. The molecule has 1 aliphatic heterocycles. The van der Waals surface area contributed by atoms with Crippen molar-refractivity contribution >= 4 is 29.2 Å². The van der Waals surface area contributed by atoms with Gasteiger partial charge in [0, 0.05) is 11.7 Å². The summed E-state index contributed by atoms with van der Waals surface area (Å²) >= 11 is 0. The molecular weight excluding hydrogens is 320 g/mol. The van der Waals surface area contributed by atoms with Crippen LogP contribution in [-0.2, 0) is 9.59 Å². The topological polar surface area (TPSA) is 105 Å². The van der Waals surface area contributed by atoms with Crippen LogP contribution in [0.25, 0.3) is 0 Å². The number of hydrogen-bond donors (Lipinski definition) is 3. The standard InChI is InChI=1S/C18H22N4O3/c1-11(20-14-10-6-5-9-13(14)19)15-16(23)21-18(25)22(17(15)24)12-7-3-2-4-8-12/h5-6,9-10,12,15,20H,1-4,7-8,19H2,(H,21,23,25)/t15-/m0/s1. The molecule has 0 spiro atoms. The van der Waals surface area contributed by atoms with Crippen LogP contribution in [0, 0.1) is 5.92 Å². The Bertz CT molecular complexity index is 725. The summed E-state index contributed by atoms with van der Waals surface area (Å²) in [5.41, 5.74) is 7.13. The molecule has 132 valence electrons. The molecule has 7 nitrogen and oxygen atoms in total. The van der Waals surface area contributed by atoms with Gasteiger partial charge in [0.2, 0.25) is 11.8 Å². The highest BCUT2D eigenvalue weighted by Gasteiger charge is 2.45. The maximum absolute atomic E-state index is 12.9. The molecule has 25 heavy (non-hydrogen) atoms. The average Bonchev–Trinajstić information content (AvgIpc) is 2.57. The molecule has 1 heterocycles. The molecule has 0 radical (unpaired) electrons. The number of carbonyl (C=O) groups is 3. The number of nitrogens with two attached hydrogens (primary N) is 1. The second-order valence-corrected chi connectivity index (χ2v) is 6.46. The molecule has 2 fully saturated rings. The van der Waals surface area contributed by atoms with E-state index in [4.69, 9.17) is 5.73 Å². The maximum Gasteiger partial charge on any atom is 0.331 e. The number of anilines is 2. The van der Waals surface area contributed by atoms with Gasteiger partial charge in [-0.15, -0.1) is 0 Å². The molecule has 4 amide bonds. The van der Waals surface area contributed by atoms with Crippen molar-refractivity contribution in [1.29, 1.82) is 0 Å². The van der Waals surface area contributed by atoms with Gasteiger partial charge in [-0.05, 0) is 25.0 Å². The Kier molecular flexibility index (Phi) is 4.74. The number of urea groups is 1. The van der Waals surface area contributed by atoms with Crippen molar-refractivity contribution < 1.29 is 14.4 Å². The Balaban J connectivity index is 1.80. The average molecular weight is 342 g/mol. The SMILES string of the molecule is C=C(Nc1ccccc1N)[C@H]1C(=O)NC(=O)N(C2CCCCC2)C1=O. The Morgan fingerprint density at radius 1 is 1.16 bits per heavy atom. The molecule has 0 bridgehead atoms. The Labute approximate surface area is 146 Å². The number of nitrogens with one attached hydrogen (secondary N) is 2. The first-order valence-corrected chi connectivity index (χ1v) is 8.47. The summed E-state index contributed by atoms with van der Waals surface area (Å²) in [4.78, 5) is 38.5. The third kappa shape index (κ3) is 3.35. The van der Waals surface area contributed by atoms with Crippen LogP contribution in [-0.4, -0.2) is 28.8 Å². The van der Waals surface area contributed by atoms with Gasteiger partial charge in [-0.3, -0.25) is 19.8 Å². The van der Waals surface area contributed by atoms with Crippen LogP contribution in [0.3, 0.4) is 0 Å². The van der Waals surface area contributed by atoms with E-state index in [0.29, 0.717) is 11.4 Å². The van der Waals surface area contributed by atoms with Gasteiger partial charge in [-0.25, -0.2) is 4.79 Å². The van der Waals surface area contributed by atoms with Crippen LogP contribution in [0.4, 0.5) is 16.2 Å². The maximum atomic E-state index is 12.9. The van der Waals surface area contributed by atoms with E-state index in [9.17, 15) is 14.4 Å². The smallest absolute Gasteiger partial charge is 0.331 e. The predicted molar refractivity (Wildman–Crippen MR) is 94.4 cm³/mol. The number of para-hydroxylation sites is 2. The van der Waals surface area contributed by atoms with Gasteiger partial charge in [-0.1, -0.05) is 38.0 Å². The summed E-state index contributed by atoms with van der Waals surface area (Å²) in [5, 5.41) is 5.22. The fraction of sp³-hybridized carbons (Fsp3) is 0.389. The second-order valence-electron chi connectivity index (χ2n) is 6.46. The first-order valence-electron chi connectivity index (χ1n) is 8.47. The molecule has 2 aliphatic rings. The van der Waals surface area contributed by atoms with E-state index in [2.05, 4.69) is 17.2 Å². The summed E-state index contributed by atoms with van der Waals surface area (Å²) in [7, 11) is 0. The van der Waals surface area contributed by atoms with E-state index >= 15 is 0 Å². The largest absolute Gasteiger partial charge is 0.397 e. The molecule has 4 N–H and O–H groups in total. The van der Waals surface area contributed by atoms with Crippen molar-refractivity contribution in [3.8, 4) is 0 Å². The zero-order chi connectivity index (χ0) is 18.0. The van der Waals surface area contributed by atoms with E-state index in [1.165, 1.54) is 4.90 Å². The van der Waals surface area contributed by atoms with Crippen LogP contribution >= 0.6 is 0 Å². The van der Waals surface area contributed by atoms with Crippen molar-refractivity contribution in [1.82, 2.24) is 10.2 Å². The fourth-order valence-corrected chi connectivity index (χ4v) is 3.44. The third-order valence-corrected chi connectivity index (χ3v) is 4.74. The lowest BCUT2D eigenvalue weighted by atomic mass is 9.91. The van der Waals surface area contributed by atoms with Crippen LogP contribution in [0.2, 0.25) is 0 Å². The van der Waals surface area contributed by atoms with Crippen LogP contribution in [0.15, 0.2) is 36.5 Å². The summed E-state index contributed by atoms with van der Waals surface area (Å²) < 4.78 is 0. The number of benzene rings is 1. The molecule has 1 atom stereocenters. The molecule has 0 aromatic heterocycles. The number of rotatable bonds is 4. The van der Waals surface area contributed by atoms with E-state index in [1.807, 2.05) is 0 Å². The molecule has 3 rings (SSSR count). The van der Waals surface area contributed by atoms with E-state index in [1.54, 1.807) is 24.3 Å². The van der Waals surface area contributed by atoms with Crippen molar-refractivity contribution in [2.45, 2.75) is 38.1 Å². The van der Waals surface area contributed by atoms with E-state index < -0.39 is 23.8 Å². The van der Waals surface area contributed by atoms with Crippen LogP contribution in [0.1, 0.15) is 32.1 Å². The van der Waals surface area contributed by atoms with Gasteiger partial charge in [0.15, 0.2) is 5.92 Å². The highest BCUT2D eigenvalue weighted by Crippen LogP contribution is 2.29. The quantitative estimate of drug-likeness (QED) is 0.575. The fourth-order valence-electron chi connectivity index (χ4n) is 3.44. The number of nitrogen functional groups attached to an aromatic ring is 1. The summed E-state index contributed by atoms with van der Waals surface area (Å²) in [5.74, 6) is -2.33. The molecule has 1 saturated heterocycles. The lowest BCUT2D eigenvalue weighted by Crippen LogP contribution is -2.61. The van der Waals surface area contributed by atoms with Gasteiger partial charge >= 0.3 is 6.03 Å². The van der Waals surface area contributed by atoms with Gasteiger partial charge in [0.1, 0.15) is 0 Å². The number of nitrogens with zero attached hydrogens (tertiary/aromatic N) is 1. The van der Waals surface area contributed by atoms with Gasteiger partial charge in [0.25, 0.3) is 0 Å². The number of amides is 4. The molecule has 1 aromatic rings. The minimum absolute atomic E-state index is 0.161. The van der Waals surface area contributed by atoms with Gasteiger partial charge < -0.3 is 11.1 Å². The third-order valence-electron chi connectivity index (χ3n) is 4.74. The Morgan fingerprint density at radius 2 is 1.84 bits per heavy atom. The van der Waals surface area contributed by atoms with Crippen molar-refractivity contribution in [2.75, 3.05) is 11.1 Å². The first-order chi connectivity index (χ1) is 12.0. The normalized spacial score (nSPS) is 21.8. The summed E-state index contributed by atoms with van der Waals surface area (Å²) in [6.07, 6.45) is 4.58. The highest BCUT2D eigenvalue weighted by atomic mass is 16.2. The van der Waals surface area contributed by atoms with E-state index in [0.717, 1.165) is 32.1 Å². The molecule has 1 aliphatic carbocycles. The first kappa shape index (κ1) is 17.0. The molecule has 1 saturated carbocycles. The van der Waals surface area contributed by atoms with Crippen LogP contribution < -0.4 is 16.4 Å². The number of barbiturate groups is 1. The lowest BCUT2D eigenvalue weighted by molar-refractivity contribution is -0.142. The molecule has 0 unspecified atom stereocenters. The van der Waals surface area contributed by atoms with Gasteiger partial charge in [-0.2, -0.15) is 0 Å². The lowest BCUT2D eigenvalue weighted by Gasteiger charge is -2.38. The summed E-state index contributed by atoms with van der Waals surface area (Å²) in [6, 6.07) is 6.21. The van der Waals surface area contributed by atoms with Crippen molar-refractivity contribution in [3.05, 3.63) is 36.5 Å². The molecule has 1 aromatic carbocycles.